The Morgan fingerprint density at radius 1 is 1.47 bits per heavy atom. The summed E-state index contributed by atoms with van der Waals surface area (Å²) in [6.45, 7) is 2.10. The van der Waals surface area contributed by atoms with Gasteiger partial charge in [0, 0.05) is 22.6 Å². The molecule has 2 N–H and O–H groups in total. The SMILES string of the molecule is COC(=O)NC1CCc2[nH]c3ccc(C)cc3c2C1. The van der Waals surface area contributed by atoms with Crippen molar-refractivity contribution in [3.05, 3.63) is 35.0 Å². The number of alkyl carbamates (subject to hydrolysis) is 1. The van der Waals surface area contributed by atoms with Crippen LogP contribution in [0.1, 0.15) is 23.2 Å². The fourth-order valence-electron chi connectivity index (χ4n) is 2.88. The van der Waals surface area contributed by atoms with Crippen molar-refractivity contribution in [2.75, 3.05) is 7.11 Å². The van der Waals surface area contributed by atoms with Crippen LogP contribution < -0.4 is 5.32 Å². The standard InChI is InChI=1S/C15H18N2O2/c1-9-3-5-13-11(7-9)12-8-10(16-15(18)19-2)4-6-14(12)17-13/h3,5,7,10,17H,4,6,8H2,1-2H3,(H,16,18). The Bertz CT molecular complexity index is 630. The Labute approximate surface area is 112 Å². The summed E-state index contributed by atoms with van der Waals surface area (Å²) in [5.41, 5.74) is 5.10. The molecule has 0 spiro atoms. The number of nitrogens with one attached hydrogen (secondary N) is 2. The van der Waals surface area contributed by atoms with Crippen LogP contribution in [0.25, 0.3) is 10.9 Å². The summed E-state index contributed by atoms with van der Waals surface area (Å²) in [7, 11) is 1.40. The van der Waals surface area contributed by atoms with Crippen LogP contribution in [0.15, 0.2) is 18.2 Å². The molecule has 0 fully saturated rings. The average Bonchev–Trinajstić information content (AvgIpc) is 2.76. The van der Waals surface area contributed by atoms with Gasteiger partial charge in [-0.15, -0.1) is 0 Å². The molecule has 1 heterocycles. The van der Waals surface area contributed by atoms with Crippen molar-refractivity contribution in [2.45, 2.75) is 32.2 Å². The monoisotopic (exact) mass is 258 g/mol. The molecule has 1 atom stereocenters. The number of carbonyl (C=O) groups is 1. The van der Waals surface area contributed by atoms with Crippen LogP contribution in [0, 0.1) is 6.92 Å². The van der Waals surface area contributed by atoms with E-state index in [1.54, 1.807) is 0 Å². The van der Waals surface area contributed by atoms with Crippen LogP contribution in [-0.2, 0) is 17.6 Å². The maximum absolute atomic E-state index is 11.3. The topological polar surface area (TPSA) is 54.1 Å². The van der Waals surface area contributed by atoms with Gasteiger partial charge in [0.1, 0.15) is 0 Å². The number of ether oxygens (including phenoxy) is 1. The lowest BCUT2D eigenvalue weighted by molar-refractivity contribution is 0.165. The van der Waals surface area contributed by atoms with E-state index in [9.17, 15) is 4.79 Å². The van der Waals surface area contributed by atoms with Gasteiger partial charge in [0.05, 0.1) is 7.11 Å². The number of carbonyl (C=O) groups excluding carboxylic acids is 1. The lowest BCUT2D eigenvalue weighted by Crippen LogP contribution is -2.38. The summed E-state index contributed by atoms with van der Waals surface area (Å²) in [5.74, 6) is 0. The van der Waals surface area contributed by atoms with E-state index >= 15 is 0 Å². The third-order valence-electron chi connectivity index (χ3n) is 3.85. The molecule has 0 saturated heterocycles. The average molecular weight is 258 g/mol. The van der Waals surface area contributed by atoms with Gasteiger partial charge in [0.25, 0.3) is 0 Å². The third kappa shape index (κ3) is 2.18. The first kappa shape index (κ1) is 12.1. The van der Waals surface area contributed by atoms with Crippen LogP contribution in [-0.4, -0.2) is 24.2 Å². The number of fused-ring (bicyclic) bond motifs is 3. The van der Waals surface area contributed by atoms with Gasteiger partial charge in [0.15, 0.2) is 0 Å². The van der Waals surface area contributed by atoms with Gasteiger partial charge in [-0.1, -0.05) is 11.6 Å². The fourth-order valence-corrected chi connectivity index (χ4v) is 2.88. The third-order valence-corrected chi connectivity index (χ3v) is 3.85. The molecule has 3 rings (SSSR count). The second-order valence-corrected chi connectivity index (χ2v) is 5.21. The molecule has 100 valence electrons. The zero-order valence-electron chi connectivity index (χ0n) is 11.2. The minimum atomic E-state index is -0.343. The molecule has 1 amide bonds. The number of aromatic amines is 1. The summed E-state index contributed by atoms with van der Waals surface area (Å²) in [4.78, 5) is 14.8. The van der Waals surface area contributed by atoms with Crippen molar-refractivity contribution < 1.29 is 9.53 Å². The summed E-state index contributed by atoms with van der Waals surface area (Å²) in [6, 6.07) is 6.63. The Kier molecular flexibility index (Phi) is 2.93. The fraction of sp³-hybridized carbons (Fsp3) is 0.400. The zero-order valence-corrected chi connectivity index (χ0v) is 11.2. The van der Waals surface area contributed by atoms with Gasteiger partial charge in [-0.05, 0) is 43.9 Å². The number of hydrogen-bond acceptors (Lipinski definition) is 2. The molecule has 19 heavy (non-hydrogen) atoms. The number of aromatic nitrogens is 1. The summed E-state index contributed by atoms with van der Waals surface area (Å²) >= 11 is 0. The number of H-pyrrole nitrogens is 1. The van der Waals surface area contributed by atoms with E-state index in [1.165, 1.54) is 34.8 Å². The minimum absolute atomic E-state index is 0.166. The normalized spacial score (nSPS) is 18.1. The Hall–Kier alpha value is -1.97. The van der Waals surface area contributed by atoms with E-state index < -0.39 is 0 Å². The number of methoxy groups -OCH3 is 1. The molecule has 1 unspecified atom stereocenters. The number of amides is 1. The van der Waals surface area contributed by atoms with Crippen LogP contribution in [0.2, 0.25) is 0 Å². The lowest BCUT2D eigenvalue weighted by atomic mass is 9.91. The van der Waals surface area contributed by atoms with Crippen molar-refractivity contribution in [3.63, 3.8) is 0 Å². The predicted molar refractivity (Wildman–Crippen MR) is 74.4 cm³/mol. The first-order valence-corrected chi connectivity index (χ1v) is 6.62. The maximum atomic E-state index is 11.3. The van der Waals surface area contributed by atoms with Gasteiger partial charge < -0.3 is 15.0 Å². The number of benzene rings is 1. The van der Waals surface area contributed by atoms with E-state index in [0.29, 0.717) is 0 Å². The number of hydrogen-bond donors (Lipinski definition) is 2. The molecule has 0 radical (unpaired) electrons. The first-order chi connectivity index (χ1) is 9.17. The Morgan fingerprint density at radius 3 is 3.11 bits per heavy atom. The van der Waals surface area contributed by atoms with E-state index in [2.05, 4.69) is 40.2 Å². The van der Waals surface area contributed by atoms with Crippen molar-refractivity contribution in [1.29, 1.82) is 0 Å². The smallest absolute Gasteiger partial charge is 0.407 e. The molecule has 1 aliphatic carbocycles. The van der Waals surface area contributed by atoms with E-state index in [1.807, 2.05) is 0 Å². The van der Waals surface area contributed by atoms with Gasteiger partial charge in [-0.3, -0.25) is 0 Å². The number of rotatable bonds is 1. The zero-order chi connectivity index (χ0) is 13.4. The predicted octanol–water partition coefficient (Wildman–Crippen LogP) is 2.69. The van der Waals surface area contributed by atoms with Crippen molar-refractivity contribution in [3.8, 4) is 0 Å². The molecule has 1 aromatic heterocycles. The summed E-state index contributed by atoms with van der Waals surface area (Å²) < 4.78 is 4.67. The molecule has 2 aromatic rings. The van der Waals surface area contributed by atoms with E-state index in [4.69, 9.17) is 0 Å². The minimum Gasteiger partial charge on any atom is -0.453 e. The summed E-state index contributed by atoms with van der Waals surface area (Å²) in [6.07, 6.45) is 2.45. The number of aryl methyl sites for hydroxylation is 2. The largest absolute Gasteiger partial charge is 0.453 e. The molecule has 0 bridgehead atoms. The Morgan fingerprint density at radius 2 is 2.32 bits per heavy atom. The molecular formula is C15H18N2O2. The molecule has 4 nitrogen and oxygen atoms in total. The van der Waals surface area contributed by atoms with E-state index in [0.717, 1.165) is 19.3 Å². The van der Waals surface area contributed by atoms with Gasteiger partial charge in [-0.2, -0.15) is 0 Å². The van der Waals surface area contributed by atoms with Gasteiger partial charge in [-0.25, -0.2) is 4.79 Å². The molecule has 0 saturated carbocycles. The van der Waals surface area contributed by atoms with Gasteiger partial charge in [0.2, 0.25) is 0 Å². The molecular weight excluding hydrogens is 240 g/mol. The quantitative estimate of drug-likeness (QED) is 0.826. The molecule has 4 heteroatoms. The lowest BCUT2D eigenvalue weighted by Gasteiger charge is -2.22. The first-order valence-electron chi connectivity index (χ1n) is 6.62. The highest BCUT2D eigenvalue weighted by Crippen LogP contribution is 2.29. The second-order valence-electron chi connectivity index (χ2n) is 5.21. The van der Waals surface area contributed by atoms with Crippen molar-refractivity contribution >= 4 is 17.0 Å². The molecule has 1 aromatic carbocycles. The van der Waals surface area contributed by atoms with Gasteiger partial charge >= 0.3 is 6.09 Å². The highest BCUT2D eigenvalue weighted by molar-refractivity contribution is 5.85. The van der Waals surface area contributed by atoms with Crippen LogP contribution in [0.5, 0.6) is 0 Å². The van der Waals surface area contributed by atoms with Crippen molar-refractivity contribution in [1.82, 2.24) is 10.3 Å². The Balaban J connectivity index is 1.92. The van der Waals surface area contributed by atoms with Crippen molar-refractivity contribution in [2.24, 2.45) is 0 Å². The maximum Gasteiger partial charge on any atom is 0.407 e. The highest BCUT2D eigenvalue weighted by Gasteiger charge is 2.23. The molecule has 1 aliphatic rings. The van der Waals surface area contributed by atoms with Crippen LogP contribution >= 0.6 is 0 Å². The van der Waals surface area contributed by atoms with Crippen LogP contribution in [0.3, 0.4) is 0 Å². The van der Waals surface area contributed by atoms with E-state index in [-0.39, 0.29) is 12.1 Å². The molecule has 0 aliphatic heterocycles. The second kappa shape index (κ2) is 4.61. The van der Waals surface area contributed by atoms with Crippen LogP contribution in [0.4, 0.5) is 4.79 Å². The summed E-state index contributed by atoms with van der Waals surface area (Å²) in [5, 5.41) is 4.19. The highest BCUT2D eigenvalue weighted by atomic mass is 16.5.